The Morgan fingerprint density at radius 2 is 1.82 bits per heavy atom. The van der Waals surface area contributed by atoms with Crippen LogP contribution in [0.25, 0.3) is 0 Å². The molecule has 3 unspecified atom stereocenters. The fourth-order valence-corrected chi connectivity index (χ4v) is 3.90. The van der Waals surface area contributed by atoms with E-state index in [1.54, 1.807) is 6.42 Å². The third-order valence-corrected chi connectivity index (χ3v) is 4.99. The molecule has 2 aliphatic rings. The van der Waals surface area contributed by atoms with Gasteiger partial charge < -0.3 is 5.32 Å². The van der Waals surface area contributed by atoms with Crippen LogP contribution in [-0.4, -0.2) is 13.1 Å². The molecule has 100 valence electrons. The number of rotatable bonds is 7. The van der Waals surface area contributed by atoms with Crippen molar-refractivity contribution >= 4 is 0 Å². The summed E-state index contributed by atoms with van der Waals surface area (Å²) in [4.78, 5) is 0. The SMILES string of the molecule is CCC(C)CC1(CNCC(C)C)CC2CC2C1. The Balaban J connectivity index is 1.84. The fraction of sp³-hybridized carbons (Fsp3) is 1.00. The monoisotopic (exact) mass is 237 g/mol. The van der Waals surface area contributed by atoms with Gasteiger partial charge >= 0.3 is 0 Å². The van der Waals surface area contributed by atoms with Gasteiger partial charge in [0, 0.05) is 6.54 Å². The van der Waals surface area contributed by atoms with E-state index >= 15 is 0 Å². The van der Waals surface area contributed by atoms with Crippen LogP contribution in [0.2, 0.25) is 0 Å². The molecule has 2 rings (SSSR count). The van der Waals surface area contributed by atoms with Crippen molar-refractivity contribution in [1.82, 2.24) is 5.32 Å². The van der Waals surface area contributed by atoms with Crippen LogP contribution in [0.15, 0.2) is 0 Å². The van der Waals surface area contributed by atoms with Gasteiger partial charge in [-0.1, -0.05) is 34.1 Å². The summed E-state index contributed by atoms with van der Waals surface area (Å²) in [6.45, 7) is 11.9. The highest BCUT2D eigenvalue weighted by Gasteiger charge is 2.53. The van der Waals surface area contributed by atoms with Gasteiger partial charge in [0.1, 0.15) is 0 Å². The topological polar surface area (TPSA) is 12.0 Å². The van der Waals surface area contributed by atoms with Crippen LogP contribution in [0.3, 0.4) is 0 Å². The van der Waals surface area contributed by atoms with Crippen LogP contribution in [0.4, 0.5) is 0 Å². The highest BCUT2D eigenvalue weighted by Crippen LogP contribution is 2.61. The van der Waals surface area contributed by atoms with E-state index in [1.165, 1.54) is 38.8 Å². The van der Waals surface area contributed by atoms with E-state index in [4.69, 9.17) is 0 Å². The van der Waals surface area contributed by atoms with Crippen LogP contribution in [0, 0.1) is 29.1 Å². The maximum Gasteiger partial charge on any atom is 0.000823 e. The lowest BCUT2D eigenvalue weighted by Crippen LogP contribution is -2.36. The molecule has 0 aromatic rings. The molecule has 2 aliphatic carbocycles. The summed E-state index contributed by atoms with van der Waals surface area (Å²) < 4.78 is 0. The second-order valence-electron chi connectivity index (χ2n) is 7.41. The third kappa shape index (κ3) is 3.47. The molecule has 0 aromatic heterocycles. The Kier molecular flexibility index (Phi) is 4.18. The minimum Gasteiger partial charge on any atom is -0.316 e. The molecular formula is C16H31N. The summed E-state index contributed by atoms with van der Waals surface area (Å²) in [5, 5.41) is 3.74. The van der Waals surface area contributed by atoms with E-state index in [0.29, 0.717) is 5.41 Å². The zero-order chi connectivity index (χ0) is 12.5. The highest BCUT2D eigenvalue weighted by molar-refractivity contribution is 5.04. The Hall–Kier alpha value is -0.0400. The average Bonchev–Trinajstić information content (AvgIpc) is 2.86. The van der Waals surface area contributed by atoms with E-state index < -0.39 is 0 Å². The first kappa shape index (κ1) is 13.4. The van der Waals surface area contributed by atoms with Gasteiger partial charge in [0.05, 0.1) is 0 Å². The Labute approximate surface area is 108 Å². The Morgan fingerprint density at radius 3 is 2.35 bits per heavy atom. The van der Waals surface area contributed by atoms with Gasteiger partial charge in [-0.05, 0) is 61.3 Å². The van der Waals surface area contributed by atoms with Crippen molar-refractivity contribution in [3.05, 3.63) is 0 Å². The molecule has 0 spiro atoms. The number of hydrogen-bond acceptors (Lipinski definition) is 1. The third-order valence-electron chi connectivity index (χ3n) is 4.99. The molecule has 0 saturated heterocycles. The number of nitrogens with one attached hydrogen (secondary N) is 1. The maximum absolute atomic E-state index is 3.74. The van der Waals surface area contributed by atoms with Gasteiger partial charge in [0.25, 0.3) is 0 Å². The molecule has 2 saturated carbocycles. The van der Waals surface area contributed by atoms with Gasteiger partial charge in [-0.25, -0.2) is 0 Å². The van der Waals surface area contributed by atoms with E-state index in [2.05, 4.69) is 33.0 Å². The summed E-state index contributed by atoms with van der Waals surface area (Å²) in [5.41, 5.74) is 0.665. The van der Waals surface area contributed by atoms with Crippen LogP contribution >= 0.6 is 0 Å². The van der Waals surface area contributed by atoms with Crippen LogP contribution in [0.1, 0.15) is 59.8 Å². The van der Waals surface area contributed by atoms with Gasteiger partial charge in [-0.2, -0.15) is 0 Å². The van der Waals surface area contributed by atoms with E-state index in [0.717, 1.165) is 23.7 Å². The lowest BCUT2D eigenvalue weighted by molar-refractivity contribution is 0.191. The quantitative estimate of drug-likeness (QED) is 0.703. The number of fused-ring (bicyclic) bond motifs is 1. The summed E-state index contributed by atoms with van der Waals surface area (Å²) in [6, 6.07) is 0. The van der Waals surface area contributed by atoms with Crippen molar-refractivity contribution in [3.8, 4) is 0 Å². The first-order chi connectivity index (χ1) is 8.04. The predicted molar refractivity (Wildman–Crippen MR) is 75.0 cm³/mol. The Bertz CT molecular complexity index is 236. The molecule has 1 heteroatoms. The molecule has 0 bridgehead atoms. The lowest BCUT2D eigenvalue weighted by Gasteiger charge is -2.34. The summed E-state index contributed by atoms with van der Waals surface area (Å²) in [5.74, 6) is 3.92. The summed E-state index contributed by atoms with van der Waals surface area (Å²) in [6.07, 6.45) is 7.40. The van der Waals surface area contributed by atoms with Gasteiger partial charge in [-0.15, -0.1) is 0 Å². The predicted octanol–water partition coefficient (Wildman–Crippen LogP) is 4.08. The molecule has 1 N–H and O–H groups in total. The zero-order valence-corrected chi connectivity index (χ0v) is 12.3. The zero-order valence-electron chi connectivity index (χ0n) is 12.3. The first-order valence-corrected chi connectivity index (χ1v) is 7.75. The maximum atomic E-state index is 3.74. The second-order valence-corrected chi connectivity index (χ2v) is 7.41. The van der Waals surface area contributed by atoms with Crippen LogP contribution in [0.5, 0.6) is 0 Å². The minimum atomic E-state index is 0.665. The minimum absolute atomic E-state index is 0.665. The highest BCUT2D eigenvalue weighted by atomic mass is 14.9. The van der Waals surface area contributed by atoms with E-state index in [-0.39, 0.29) is 0 Å². The lowest BCUT2D eigenvalue weighted by atomic mass is 9.75. The van der Waals surface area contributed by atoms with Crippen molar-refractivity contribution in [1.29, 1.82) is 0 Å². The Morgan fingerprint density at radius 1 is 1.18 bits per heavy atom. The largest absolute Gasteiger partial charge is 0.316 e. The molecular weight excluding hydrogens is 206 g/mol. The molecule has 0 aliphatic heterocycles. The molecule has 17 heavy (non-hydrogen) atoms. The summed E-state index contributed by atoms with van der Waals surface area (Å²) in [7, 11) is 0. The normalized spacial score (nSPS) is 37.2. The van der Waals surface area contributed by atoms with Gasteiger partial charge in [0.2, 0.25) is 0 Å². The van der Waals surface area contributed by atoms with Gasteiger partial charge in [-0.3, -0.25) is 0 Å². The molecule has 2 fully saturated rings. The smallest absolute Gasteiger partial charge is 0.000823 e. The van der Waals surface area contributed by atoms with E-state index in [1.807, 2.05) is 0 Å². The van der Waals surface area contributed by atoms with Crippen molar-refractivity contribution in [2.45, 2.75) is 59.8 Å². The van der Waals surface area contributed by atoms with Crippen LogP contribution in [-0.2, 0) is 0 Å². The van der Waals surface area contributed by atoms with Crippen molar-refractivity contribution in [2.75, 3.05) is 13.1 Å². The molecule has 0 aromatic carbocycles. The summed E-state index contributed by atoms with van der Waals surface area (Å²) >= 11 is 0. The second kappa shape index (κ2) is 5.30. The standard InChI is InChI=1S/C16H31N/c1-5-13(4)7-16(11-17-10-12(2)3)8-14-6-15(14)9-16/h12-15,17H,5-11H2,1-4H3. The van der Waals surface area contributed by atoms with Gasteiger partial charge in [0.15, 0.2) is 0 Å². The van der Waals surface area contributed by atoms with Crippen molar-refractivity contribution in [3.63, 3.8) is 0 Å². The van der Waals surface area contributed by atoms with Crippen molar-refractivity contribution < 1.29 is 0 Å². The number of hydrogen-bond donors (Lipinski definition) is 1. The fourth-order valence-electron chi connectivity index (χ4n) is 3.90. The van der Waals surface area contributed by atoms with E-state index in [9.17, 15) is 0 Å². The molecule has 0 heterocycles. The van der Waals surface area contributed by atoms with Crippen molar-refractivity contribution in [2.24, 2.45) is 29.1 Å². The molecule has 3 atom stereocenters. The van der Waals surface area contributed by atoms with Crippen LogP contribution < -0.4 is 5.32 Å². The molecule has 0 radical (unpaired) electrons. The molecule has 1 nitrogen and oxygen atoms in total. The molecule has 0 amide bonds. The average molecular weight is 237 g/mol. The first-order valence-electron chi connectivity index (χ1n) is 7.75.